The van der Waals surface area contributed by atoms with Crippen LogP contribution in [0.2, 0.25) is 5.02 Å². The molecule has 3 rings (SSSR count). The third-order valence-corrected chi connectivity index (χ3v) is 3.91. The average molecular weight is 320 g/mol. The first kappa shape index (κ1) is 13.8. The molecule has 106 valence electrons. The SMILES string of the molecule is O=C(NCc1noc(-c2cccs2)n1)c1ccccc1Cl. The molecule has 5 nitrogen and oxygen atoms in total. The summed E-state index contributed by atoms with van der Waals surface area (Å²) in [7, 11) is 0. The number of carbonyl (C=O) groups is 1. The summed E-state index contributed by atoms with van der Waals surface area (Å²) in [6.45, 7) is 0.179. The Kier molecular flexibility index (Phi) is 3.98. The summed E-state index contributed by atoms with van der Waals surface area (Å²) in [4.78, 5) is 17.1. The highest BCUT2D eigenvalue weighted by Gasteiger charge is 2.12. The first-order valence-corrected chi connectivity index (χ1v) is 7.39. The van der Waals surface area contributed by atoms with E-state index in [1.807, 2.05) is 17.5 Å². The van der Waals surface area contributed by atoms with Crippen LogP contribution in [0.3, 0.4) is 0 Å². The summed E-state index contributed by atoms with van der Waals surface area (Å²) in [5.41, 5.74) is 0.418. The lowest BCUT2D eigenvalue weighted by molar-refractivity contribution is 0.0950. The smallest absolute Gasteiger partial charge is 0.268 e. The molecule has 7 heteroatoms. The third kappa shape index (κ3) is 3.12. The minimum atomic E-state index is -0.275. The first-order chi connectivity index (χ1) is 10.2. The minimum Gasteiger partial charge on any atom is -0.345 e. The van der Waals surface area contributed by atoms with Crippen LogP contribution in [0.5, 0.6) is 0 Å². The molecular weight excluding hydrogens is 310 g/mol. The topological polar surface area (TPSA) is 68.0 Å². The fourth-order valence-corrected chi connectivity index (χ4v) is 2.59. The molecule has 0 unspecified atom stereocenters. The second-order valence-electron chi connectivity index (χ2n) is 4.16. The standard InChI is InChI=1S/C14H10ClN3O2S/c15-10-5-2-1-4-9(10)13(19)16-8-12-17-14(20-18-12)11-6-3-7-21-11/h1-7H,8H2,(H,16,19). The molecule has 3 aromatic rings. The highest BCUT2D eigenvalue weighted by Crippen LogP contribution is 2.22. The van der Waals surface area contributed by atoms with E-state index in [1.54, 1.807) is 24.3 Å². The number of hydrogen-bond donors (Lipinski definition) is 1. The Morgan fingerprint density at radius 1 is 1.29 bits per heavy atom. The zero-order chi connectivity index (χ0) is 14.7. The number of thiophene rings is 1. The van der Waals surface area contributed by atoms with Crippen LogP contribution < -0.4 is 5.32 Å². The van der Waals surface area contributed by atoms with Gasteiger partial charge in [-0.2, -0.15) is 4.98 Å². The van der Waals surface area contributed by atoms with Gasteiger partial charge in [0.25, 0.3) is 11.8 Å². The van der Waals surface area contributed by atoms with Gasteiger partial charge in [0.05, 0.1) is 22.0 Å². The third-order valence-electron chi connectivity index (χ3n) is 2.73. The molecular formula is C14H10ClN3O2S. The Balaban J connectivity index is 1.66. The van der Waals surface area contributed by atoms with Gasteiger partial charge in [0.2, 0.25) is 0 Å². The molecule has 1 aromatic carbocycles. The van der Waals surface area contributed by atoms with E-state index in [1.165, 1.54) is 11.3 Å². The van der Waals surface area contributed by atoms with Crippen molar-refractivity contribution in [1.29, 1.82) is 0 Å². The number of hydrogen-bond acceptors (Lipinski definition) is 5. The van der Waals surface area contributed by atoms with Gasteiger partial charge >= 0.3 is 0 Å². The summed E-state index contributed by atoms with van der Waals surface area (Å²) in [5.74, 6) is 0.592. The van der Waals surface area contributed by atoms with Crippen LogP contribution in [0.15, 0.2) is 46.3 Å². The Morgan fingerprint density at radius 3 is 2.90 bits per heavy atom. The van der Waals surface area contributed by atoms with Crippen molar-refractivity contribution >= 4 is 28.8 Å². The van der Waals surface area contributed by atoms with Gasteiger partial charge in [-0.15, -0.1) is 11.3 Å². The molecule has 21 heavy (non-hydrogen) atoms. The van der Waals surface area contributed by atoms with Crippen LogP contribution in [0.1, 0.15) is 16.2 Å². The van der Waals surface area contributed by atoms with Crippen molar-refractivity contribution in [3.8, 4) is 10.8 Å². The van der Waals surface area contributed by atoms with E-state index < -0.39 is 0 Å². The number of benzene rings is 1. The van der Waals surface area contributed by atoms with Gasteiger partial charge in [-0.25, -0.2) is 0 Å². The summed E-state index contributed by atoms with van der Waals surface area (Å²) in [5, 5.41) is 8.88. The molecule has 0 atom stereocenters. The zero-order valence-electron chi connectivity index (χ0n) is 10.7. The van der Waals surface area contributed by atoms with Gasteiger partial charge in [0.1, 0.15) is 0 Å². The summed E-state index contributed by atoms with van der Waals surface area (Å²) in [6, 6.07) is 10.6. The van der Waals surface area contributed by atoms with E-state index in [0.717, 1.165) is 4.88 Å². The van der Waals surface area contributed by atoms with Crippen molar-refractivity contribution in [2.75, 3.05) is 0 Å². The number of halogens is 1. The first-order valence-electron chi connectivity index (χ1n) is 6.13. The maximum Gasteiger partial charge on any atom is 0.268 e. The monoisotopic (exact) mass is 319 g/mol. The molecule has 0 spiro atoms. The van der Waals surface area contributed by atoms with Crippen molar-refractivity contribution < 1.29 is 9.32 Å². The second kappa shape index (κ2) is 6.07. The summed E-state index contributed by atoms with van der Waals surface area (Å²) < 4.78 is 5.14. The van der Waals surface area contributed by atoms with Crippen LogP contribution in [0.4, 0.5) is 0 Å². The highest BCUT2D eigenvalue weighted by molar-refractivity contribution is 7.13. The number of carbonyl (C=O) groups excluding carboxylic acids is 1. The summed E-state index contributed by atoms with van der Waals surface area (Å²) in [6.07, 6.45) is 0. The predicted molar refractivity (Wildman–Crippen MR) is 80.2 cm³/mol. The molecule has 2 aromatic heterocycles. The van der Waals surface area contributed by atoms with E-state index in [-0.39, 0.29) is 12.5 Å². The van der Waals surface area contributed by atoms with E-state index in [2.05, 4.69) is 15.5 Å². The second-order valence-corrected chi connectivity index (χ2v) is 5.51. The lowest BCUT2D eigenvalue weighted by atomic mass is 10.2. The molecule has 0 saturated heterocycles. The Bertz CT molecular complexity index is 755. The van der Waals surface area contributed by atoms with Crippen LogP contribution in [0, 0.1) is 0 Å². The van der Waals surface area contributed by atoms with Gasteiger partial charge in [0, 0.05) is 0 Å². The van der Waals surface area contributed by atoms with Crippen molar-refractivity contribution in [2.45, 2.75) is 6.54 Å². The predicted octanol–water partition coefficient (Wildman–Crippen LogP) is 3.38. The number of rotatable bonds is 4. The van der Waals surface area contributed by atoms with Crippen molar-refractivity contribution in [2.24, 2.45) is 0 Å². The Labute approximate surface area is 129 Å². The molecule has 2 heterocycles. The molecule has 1 N–H and O–H groups in total. The molecule has 0 aliphatic heterocycles. The molecule has 0 radical (unpaired) electrons. The van der Waals surface area contributed by atoms with Gasteiger partial charge in [-0.3, -0.25) is 4.79 Å². The number of amides is 1. The van der Waals surface area contributed by atoms with Crippen molar-refractivity contribution in [3.05, 3.63) is 58.2 Å². The summed E-state index contributed by atoms with van der Waals surface area (Å²) >= 11 is 7.47. The van der Waals surface area contributed by atoms with Gasteiger partial charge < -0.3 is 9.84 Å². The Hall–Kier alpha value is -2.18. The largest absolute Gasteiger partial charge is 0.345 e. The maximum atomic E-state index is 12.0. The normalized spacial score (nSPS) is 10.5. The fraction of sp³-hybridized carbons (Fsp3) is 0.0714. The van der Waals surface area contributed by atoms with E-state index in [9.17, 15) is 4.79 Å². The van der Waals surface area contributed by atoms with E-state index in [0.29, 0.717) is 22.3 Å². The number of nitrogens with zero attached hydrogens (tertiary/aromatic N) is 2. The van der Waals surface area contributed by atoms with Crippen molar-refractivity contribution in [1.82, 2.24) is 15.5 Å². The number of nitrogens with one attached hydrogen (secondary N) is 1. The zero-order valence-corrected chi connectivity index (χ0v) is 12.3. The van der Waals surface area contributed by atoms with Crippen LogP contribution in [-0.2, 0) is 6.54 Å². The quantitative estimate of drug-likeness (QED) is 0.800. The molecule has 1 amide bonds. The Morgan fingerprint density at radius 2 is 2.14 bits per heavy atom. The van der Waals surface area contributed by atoms with Crippen LogP contribution in [-0.4, -0.2) is 16.0 Å². The number of aromatic nitrogens is 2. The average Bonchev–Trinajstić information content (AvgIpc) is 3.16. The maximum absolute atomic E-state index is 12.0. The molecule has 0 bridgehead atoms. The van der Waals surface area contributed by atoms with Gasteiger partial charge in [-0.05, 0) is 23.6 Å². The van der Waals surface area contributed by atoms with Gasteiger partial charge in [-0.1, -0.05) is 35.0 Å². The fourth-order valence-electron chi connectivity index (χ4n) is 1.73. The molecule has 0 fully saturated rings. The van der Waals surface area contributed by atoms with Gasteiger partial charge in [0.15, 0.2) is 5.82 Å². The molecule has 0 aliphatic rings. The molecule has 0 saturated carbocycles. The van der Waals surface area contributed by atoms with Crippen molar-refractivity contribution in [3.63, 3.8) is 0 Å². The highest BCUT2D eigenvalue weighted by atomic mass is 35.5. The molecule has 0 aliphatic carbocycles. The lowest BCUT2D eigenvalue weighted by Crippen LogP contribution is -2.23. The van der Waals surface area contributed by atoms with E-state index >= 15 is 0 Å². The lowest BCUT2D eigenvalue weighted by Gasteiger charge is -2.03. The van der Waals surface area contributed by atoms with Crippen LogP contribution >= 0.6 is 22.9 Å². The minimum absolute atomic E-state index is 0.179. The van der Waals surface area contributed by atoms with Crippen LogP contribution in [0.25, 0.3) is 10.8 Å². The van der Waals surface area contributed by atoms with E-state index in [4.69, 9.17) is 16.1 Å².